The summed E-state index contributed by atoms with van der Waals surface area (Å²) < 4.78 is 15.9. The van der Waals surface area contributed by atoms with E-state index in [-0.39, 0.29) is 32.8 Å². The predicted octanol–water partition coefficient (Wildman–Crippen LogP) is 5.13. The van der Waals surface area contributed by atoms with E-state index in [1.54, 1.807) is 12.1 Å². The lowest BCUT2D eigenvalue weighted by atomic mass is 9.87. The molecule has 174 valence electrons. The number of carbonyl (C=O) groups is 2. The minimum Gasteiger partial charge on any atom is -0.588 e. The van der Waals surface area contributed by atoms with Gasteiger partial charge in [0.1, 0.15) is 17.4 Å². The number of aldehydes is 1. The van der Waals surface area contributed by atoms with Crippen LogP contribution in [0.2, 0.25) is 5.02 Å². The van der Waals surface area contributed by atoms with Gasteiger partial charge in [0.05, 0.1) is 33.7 Å². The number of rotatable bonds is 6. The van der Waals surface area contributed by atoms with Crippen molar-refractivity contribution in [3.8, 4) is 6.07 Å². The van der Waals surface area contributed by atoms with E-state index in [0.29, 0.717) is 16.9 Å². The highest BCUT2D eigenvalue weighted by Crippen LogP contribution is 2.31. The molecule has 1 amide bonds. The van der Waals surface area contributed by atoms with E-state index in [1.165, 1.54) is 42.5 Å². The van der Waals surface area contributed by atoms with Gasteiger partial charge in [-0.2, -0.15) is 5.26 Å². The molecule has 0 saturated carbocycles. The molecule has 0 bridgehead atoms. The van der Waals surface area contributed by atoms with Crippen molar-refractivity contribution in [3.05, 3.63) is 82.1 Å². The number of nitrogens with one attached hydrogen (secondary N) is 1. The lowest BCUT2D eigenvalue weighted by Gasteiger charge is -2.22. The lowest BCUT2D eigenvalue weighted by Crippen LogP contribution is -2.29. The van der Waals surface area contributed by atoms with Crippen molar-refractivity contribution in [1.29, 1.82) is 5.26 Å². The quantitative estimate of drug-likeness (QED) is 0.376. The number of benzene rings is 2. The van der Waals surface area contributed by atoms with E-state index in [1.807, 2.05) is 18.2 Å². The van der Waals surface area contributed by atoms with Gasteiger partial charge in [-0.25, -0.2) is 4.72 Å². The summed E-state index contributed by atoms with van der Waals surface area (Å²) in [6, 6.07) is 13.8. The number of pyridine rings is 1. The van der Waals surface area contributed by atoms with Crippen LogP contribution in [-0.2, 0) is 16.8 Å². The summed E-state index contributed by atoms with van der Waals surface area (Å²) >= 11 is 4.49. The minimum absolute atomic E-state index is 0.0343. The largest absolute Gasteiger partial charge is 0.588 e. The normalized spacial score (nSPS) is 11.9. The number of carbonyl (C=O) groups excluding carboxylic acids is 2. The fraction of sp³-hybridized carbons (Fsp3) is 0.200. The van der Waals surface area contributed by atoms with Gasteiger partial charge in [-0.3, -0.25) is 14.6 Å². The minimum atomic E-state index is -1.71. The second-order valence-corrected chi connectivity index (χ2v) is 10.2. The Balaban J connectivity index is 1.98. The molecule has 7 nitrogen and oxygen atoms in total. The summed E-state index contributed by atoms with van der Waals surface area (Å²) in [6.07, 6.45) is 3.28. The van der Waals surface area contributed by atoms with Crippen LogP contribution in [0, 0.1) is 11.3 Å². The molecule has 34 heavy (non-hydrogen) atoms. The average Bonchev–Trinajstić information content (AvgIpc) is 2.83. The second kappa shape index (κ2) is 10.3. The topological polar surface area (TPSA) is 109 Å². The first-order valence-electron chi connectivity index (χ1n) is 10.3. The van der Waals surface area contributed by atoms with Crippen LogP contribution >= 0.6 is 11.6 Å². The van der Waals surface area contributed by atoms with Crippen molar-refractivity contribution in [1.82, 2.24) is 4.98 Å². The van der Waals surface area contributed by atoms with Gasteiger partial charge in [-0.05, 0) is 41.3 Å². The number of hydrogen-bond acceptors (Lipinski definition) is 6. The highest BCUT2D eigenvalue weighted by Gasteiger charge is 2.26. The Morgan fingerprint density at radius 2 is 1.88 bits per heavy atom. The third-order valence-electron chi connectivity index (χ3n) is 5.21. The van der Waals surface area contributed by atoms with Crippen LogP contribution in [0.5, 0.6) is 0 Å². The maximum atomic E-state index is 13.4. The summed E-state index contributed by atoms with van der Waals surface area (Å²) in [4.78, 5) is 31.0. The molecule has 2 aromatic carbocycles. The van der Waals surface area contributed by atoms with E-state index in [0.717, 1.165) is 5.56 Å². The molecule has 1 N–H and O–H groups in total. The number of amides is 1. The molecule has 0 aliphatic heterocycles. The van der Waals surface area contributed by atoms with Gasteiger partial charge in [0.25, 0.3) is 5.91 Å². The molecule has 0 saturated heterocycles. The van der Waals surface area contributed by atoms with E-state index in [4.69, 9.17) is 16.9 Å². The number of nitrogens with zero attached hydrogens (tertiary/aromatic N) is 3. The third kappa shape index (κ3) is 5.39. The van der Waals surface area contributed by atoms with Crippen molar-refractivity contribution in [2.45, 2.75) is 31.1 Å². The number of anilines is 2. The molecule has 3 rings (SSSR count). The molecular weight excluding hydrogens is 472 g/mol. The average molecular weight is 495 g/mol. The number of nitriles is 1. The molecule has 0 aliphatic rings. The van der Waals surface area contributed by atoms with Crippen LogP contribution in [-0.4, -0.2) is 28.8 Å². The van der Waals surface area contributed by atoms with Gasteiger partial charge in [0.15, 0.2) is 11.2 Å². The van der Waals surface area contributed by atoms with Gasteiger partial charge in [-0.15, -0.1) is 0 Å². The lowest BCUT2D eigenvalue weighted by molar-refractivity contribution is 0.0987. The molecule has 1 unspecified atom stereocenters. The Morgan fingerprint density at radius 1 is 1.21 bits per heavy atom. The van der Waals surface area contributed by atoms with Crippen LogP contribution in [0.1, 0.15) is 52.6 Å². The first kappa shape index (κ1) is 25.2. The summed E-state index contributed by atoms with van der Waals surface area (Å²) in [5.74, 6) is -0.580. The zero-order chi connectivity index (χ0) is 25.0. The molecule has 1 aromatic heterocycles. The van der Waals surface area contributed by atoms with Gasteiger partial charge in [0, 0.05) is 18.8 Å². The van der Waals surface area contributed by atoms with Crippen molar-refractivity contribution in [2.75, 3.05) is 16.7 Å². The second-order valence-electron chi connectivity index (χ2n) is 8.55. The molecular formula is C25H23ClN4O3S. The van der Waals surface area contributed by atoms with Crippen molar-refractivity contribution in [3.63, 3.8) is 0 Å². The first-order valence-corrected chi connectivity index (χ1v) is 11.8. The smallest absolute Gasteiger partial charge is 0.261 e. The van der Waals surface area contributed by atoms with Crippen LogP contribution in [0.3, 0.4) is 0 Å². The van der Waals surface area contributed by atoms with Gasteiger partial charge in [0.2, 0.25) is 0 Å². The molecule has 1 heterocycles. The Kier molecular flexibility index (Phi) is 7.62. The summed E-state index contributed by atoms with van der Waals surface area (Å²) in [5.41, 5.74) is 1.78. The van der Waals surface area contributed by atoms with E-state index < -0.39 is 17.3 Å². The third-order valence-corrected chi connectivity index (χ3v) is 6.64. The molecule has 0 aliphatic carbocycles. The maximum absolute atomic E-state index is 13.4. The standard InChI is InChI=1S/C25H23ClN4O3S/c1-25(2,3)17-5-7-19(8-6-17)34(33)29-22-10-9-21(26)20(15-31)23(22)24(32)30(4)18-11-16(12-27)13-28-14-18/h5-11,13-15,29H,1-4H3. The molecule has 0 spiro atoms. The Hall–Kier alpha value is -3.38. The molecule has 0 fully saturated rings. The SMILES string of the molecule is CN(C(=O)c1c(N[S+]([O-])c2ccc(C(C)(C)C)cc2)ccc(Cl)c1C=O)c1cncc(C#N)c1. The Bertz CT molecular complexity index is 1270. The van der Waals surface area contributed by atoms with Crippen LogP contribution < -0.4 is 9.62 Å². The van der Waals surface area contributed by atoms with Gasteiger partial charge in [-0.1, -0.05) is 44.5 Å². The number of aromatic nitrogens is 1. The number of halogens is 1. The van der Waals surface area contributed by atoms with Crippen molar-refractivity contribution >= 4 is 46.5 Å². The monoisotopic (exact) mass is 494 g/mol. The predicted molar refractivity (Wildman–Crippen MR) is 134 cm³/mol. The summed E-state index contributed by atoms with van der Waals surface area (Å²) in [5, 5.41) is 9.21. The maximum Gasteiger partial charge on any atom is 0.261 e. The highest BCUT2D eigenvalue weighted by atomic mass is 35.5. The van der Waals surface area contributed by atoms with Crippen molar-refractivity contribution < 1.29 is 14.1 Å². The van der Waals surface area contributed by atoms with Gasteiger partial charge < -0.3 is 9.45 Å². The zero-order valence-corrected chi connectivity index (χ0v) is 20.7. The summed E-state index contributed by atoms with van der Waals surface area (Å²) in [7, 11) is 1.49. The molecule has 0 radical (unpaired) electrons. The van der Waals surface area contributed by atoms with Crippen molar-refractivity contribution in [2.24, 2.45) is 0 Å². The van der Waals surface area contributed by atoms with Crippen LogP contribution in [0.25, 0.3) is 0 Å². The first-order chi connectivity index (χ1) is 16.1. The van der Waals surface area contributed by atoms with Crippen LogP contribution in [0.4, 0.5) is 11.4 Å². The van der Waals surface area contributed by atoms with E-state index in [2.05, 4.69) is 30.5 Å². The molecule has 1 atom stereocenters. The van der Waals surface area contributed by atoms with Gasteiger partial charge >= 0.3 is 0 Å². The fourth-order valence-electron chi connectivity index (χ4n) is 3.22. The van der Waals surface area contributed by atoms with Crippen LogP contribution in [0.15, 0.2) is 59.8 Å². The fourth-order valence-corrected chi connectivity index (χ4v) is 4.29. The Labute approximate surface area is 206 Å². The summed E-state index contributed by atoms with van der Waals surface area (Å²) in [6.45, 7) is 6.26. The van der Waals surface area contributed by atoms with E-state index in [9.17, 15) is 14.1 Å². The highest BCUT2D eigenvalue weighted by molar-refractivity contribution is 7.92. The zero-order valence-electron chi connectivity index (χ0n) is 19.1. The number of hydrogen-bond donors (Lipinski definition) is 1. The molecule has 3 aromatic rings. The van der Waals surface area contributed by atoms with E-state index >= 15 is 0 Å². The Morgan fingerprint density at radius 3 is 2.47 bits per heavy atom. The molecule has 9 heteroatoms.